The number of primary amides is 1. The van der Waals surface area contributed by atoms with E-state index in [-0.39, 0.29) is 176 Å². The van der Waals surface area contributed by atoms with Crippen LogP contribution in [0.25, 0.3) is 11.0 Å². The molecule has 0 aliphatic carbocycles. The van der Waals surface area contributed by atoms with E-state index in [9.17, 15) is 69.5 Å². The Kier molecular flexibility index (Phi) is 60.5. The van der Waals surface area contributed by atoms with E-state index in [4.69, 9.17) is 67.7 Å². The molecule has 14 N–H and O–H groups in total. The summed E-state index contributed by atoms with van der Waals surface area (Å²) in [6.07, 6.45) is 8.36. The quantitative estimate of drug-likeness (QED) is 0.00526. The molecule has 3 heterocycles. The number of aromatic carboxylic acids is 2. The van der Waals surface area contributed by atoms with Gasteiger partial charge in [0.1, 0.15) is 11.7 Å². The molecule has 2 aromatic heterocycles. The van der Waals surface area contributed by atoms with Crippen molar-refractivity contribution in [2.24, 2.45) is 17.2 Å². The number of nitro groups is 4. The smallest absolute Gasteiger partial charge is 1.00 e. The van der Waals surface area contributed by atoms with Gasteiger partial charge in [0.05, 0.1) is 78.5 Å². The first-order valence-electron chi connectivity index (χ1n) is 25.0. The van der Waals surface area contributed by atoms with E-state index >= 15 is 0 Å². The van der Waals surface area contributed by atoms with E-state index in [0.29, 0.717) is 67.2 Å². The van der Waals surface area contributed by atoms with Gasteiger partial charge < -0.3 is 70.9 Å². The van der Waals surface area contributed by atoms with Crippen molar-refractivity contribution in [1.29, 1.82) is 0 Å². The molecule has 1 aliphatic heterocycles. The first kappa shape index (κ1) is 108. The normalized spacial score (nSPS) is 11.5. The summed E-state index contributed by atoms with van der Waals surface area (Å²) in [5, 5.41) is 107. The standard InChI is InChI=1S/C20H23N7O2.C12H13N3O7.C7H3ClN2O6.C5H9NO2.C5H11NO.CH2O3.Al.Cl2O2S.Li.2Na.3H2S.5H/c1-4-6-13-10-22-14-8-12(18(21)28)9-15-17(14)27(13)20(23-15)24-19(29)16-7-11(3)25-26(16)5-2;1-2-3-8(6-16)13-11-9(14(19)20)4-7(12(17)18)5-10(11)15(21)22;8-6-4(9(13)14)1-3(7(11)12)2-5(6)10(15)16;1-2-3-4(6)5(7)8;1-2-3-5(6)4-7;2-1-4-3;;1-5(2,3)4;;;;;;;;;;;/h4,7-9,13,22H,1,5-6,10H2,2-3H3,(H2,21,28)(H,23,24,29);2,4-5,8,13,16H,1,3,6H2,(H,17,18);1-2H,(H,11,12);2,4H,1,3,6H2,(H,7,8);2,5,7H,1,3-4,6H2;1,3H;;;;;;3*1H2;;;;;/q;;;;;;;;3*+1;;;;;;;2*-1/p-1/t13-;8-;;4-;5-;;;;;;;;;;;;;;/m00.00............../s1. The molecule has 0 saturated carbocycles. The number of aliphatic hydroxyl groups is 2. The average Bonchev–Trinajstić information content (AvgIpc) is 1.59. The number of amides is 2. The number of carbonyl (C=O) groups is 6. The van der Waals surface area contributed by atoms with Crippen molar-refractivity contribution in [3.8, 4) is 0 Å². The third-order valence-corrected chi connectivity index (χ3v) is 11.4. The van der Waals surface area contributed by atoms with Gasteiger partial charge in [-0.1, -0.05) is 35.9 Å². The maximum Gasteiger partial charge on any atom is 1.00 e. The molecular formula is C50H71AlCl3LiN14Na2O23S4. The number of imidazole rings is 1. The Morgan fingerprint density at radius 2 is 1.23 bits per heavy atom. The number of hydrogen-bond donors (Lipinski definition) is 11. The van der Waals surface area contributed by atoms with E-state index in [0.717, 1.165) is 29.0 Å². The summed E-state index contributed by atoms with van der Waals surface area (Å²) >= 11 is 5.40. The molecule has 0 saturated heterocycles. The number of nitro benzene ring substituents is 4. The molecule has 6 rings (SSSR count). The number of aryl methyl sites for hydroxylation is 2. The molecule has 48 heteroatoms. The summed E-state index contributed by atoms with van der Waals surface area (Å²) in [5.74, 6) is -4.41. The van der Waals surface area contributed by atoms with Crippen molar-refractivity contribution in [3.05, 3.63) is 167 Å². The summed E-state index contributed by atoms with van der Waals surface area (Å²) in [4.78, 5) is 111. The van der Waals surface area contributed by atoms with Crippen LogP contribution in [0, 0.1) is 47.4 Å². The molecule has 5 aromatic rings. The van der Waals surface area contributed by atoms with Gasteiger partial charge in [-0.15, -0.1) is 26.3 Å². The van der Waals surface area contributed by atoms with Crippen molar-refractivity contribution < 1.29 is 173 Å². The van der Waals surface area contributed by atoms with Gasteiger partial charge in [-0.2, -0.15) is 54.0 Å². The Balaban J connectivity index is -0.000000128. The van der Waals surface area contributed by atoms with Crippen LogP contribution in [0.4, 0.5) is 40.1 Å². The molecule has 1 aliphatic rings. The van der Waals surface area contributed by atoms with Crippen LogP contribution in [0.1, 0.15) is 88.8 Å². The Bertz CT molecular complexity index is 3590. The van der Waals surface area contributed by atoms with Gasteiger partial charge in [-0.25, -0.2) is 14.6 Å². The minimum atomic E-state index is -3.72. The van der Waals surface area contributed by atoms with Gasteiger partial charge in [0.2, 0.25) is 11.9 Å². The SMILES string of the molecule is C=CC[C@@H](CO)Nc1c([N+](=O)[O-])cc(C(=O)O)cc1[N+](=O)[O-].C=CC[C@H](N)C(=O)O.C=CC[C@H](N)CO.C=CC[C@H]1CNc2cc(C(N)=O)cc3nc(NC(=O)c4cc(C)nn4CC)n1c23.O=C(O)c1cc([N+](=O)[O-])c(Cl)c([N+](=O)[O-])c1.O=CO[O-].O=S(=O)(Cl)Cl.S.S.S.[AlH3].[H-].[H-].[Li+].[Na+].[Na+]. The van der Waals surface area contributed by atoms with Crippen LogP contribution >= 0.6 is 73.5 Å². The number of benzene rings is 3. The van der Waals surface area contributed by atoms with Crippen LogP contribution in [0.5, 0.6) is 0 Å². The number of carbonyl (C=O) groups excluding carboxylic acids is 3. The van der Waals surface area contributed by atoms with Gasteiger partial charge in [0.15, 0.2) is 28.1 Å². The fraction of sp³-hybridized carbons (Fsp3) is 0.280. The van der Waals surface area contributed by atoms with Crippen LogP contribution in [-0.2, 0) is 29.3 Å². The number of rotatable bonds is 24. The fourth-order valence-corrected chi connectivity index (χ4v) is 7.34. The number of allylic oxidation sites excluding steroid dienone is 1. The van der Waals surface area contributed by atoms with Crippen molar-refractivity contribution >= 4 is 186 Å². The minimum absolute atomic E-state index is 0. The summed E-state index contributed by atoms with van der Waals surface area (Å²) < 4.78 is 22.0. The summed E-state index contributed by atoms with van der Waals surface area (Å²) in [7, 11) is 4.81. The molecule has 530 valence electrons. The van der Waals surface area contributed by atoms with Gasteiger partial charge in [-0.3, -0.25) is 69.6 Å². The topological polar surface area (TPSA) is 592 Å². The molecule has 0 bridgehead atoms. The molecule has 2 amide bonds. The van der Waals surface area contributed by atoms with Crippen molar-refractivity contribution in [1.82, 2.24) is 19.3 Å². The number of nitrogens with two attached hydrogens (primary N) is 3. The molecule has 0 fully saturated rings. The predicted molar refractivity (Wildman–Crippen MR) is 370 cm³/mol. The third-order valence-electron chi connectivity index (χ3n) is 11.0. The van der Waals surface area contributed by atoms with Gasteiger partial charge in [0.25, 0.3) is 35.1 Å². The molecular weight excluding hydrogens is 1480 g/mol. The second kappa shape index (κ2) is 54.9. The predicted octanol–water partition coefficient (Wildman–Crippen LogP) is -4.75. The average molecular weight is 1550 g/mol. The van der Waals surface area contributed by atoms with Crippen molar-refractivity contribution in [2.45, 2.75) is 70.2 Å². The minimum Gasteiger partial charge on any atom is -1.00 e. The summed E-state index contributed by atoms with van der Waals surface area (Å²) in [5.41, 5.74) is 14.8. The van der Waals surface area contributed by atoms with E-state index in [1.807, 2.05) is 24.5 Å². The van der Waals surface area contributed by atoms with Crippen molar-refractivity contribution in [3.63, 3.8) is 0 Å². The Labute approximate surface area is 662 Å². The first-order valence-corrected chi connectivity index (χ1v) is 28.5. The number of nitrogens with one attached hydrogen (secondary N) is 3. The van der Waals surface area contributed by atoms with Crippen molar-refractivity contribution in [2.75, 3.05) is 35.7 Å². The number of hydrogen-bond acceptors (Lipinski definition) is 26. The van der Waals surface area contributed by atoms with Crippen LogP contribution in [-0.4, -0.2) is 164 Å². The van der Waals surface area contributed by atoms with Gasteiger partial charge >= 0.3 is 104 Å². The van der Waals surface area contributed by atoms with E-state index < -0.39 is 115 Å². The largest absolute Gasteiger partial charge is 1.00 e. The second-order valence-electron chi connectivity index (χ2n) is 17.5. The maximum atomic E-state index is 13.0. The van der Waals surface area contributed by atoms with E-state index in [2.05, 4.69) is 78.6 Å². The Hall–Kier alpha value is -5.88. The number of anilines is 3. The number of carboxylic acid groups (broad SMARTS) is 3. The first-order chi connectivity index (χ1) is 42.5. The number of halogens is 3. The number of carboxylic acids is 3. The molecule has 0 spiro atoms. The number of nitrogens with zero attached hydrogens (tertiary/aromatic N) is 8. The zero-order chi connectivity index (χ0) is 70.2. The molecule has 4 atom stereocenters. The Morgan fingerprint density at radius 3 is 1.56 bits per heavy atom. The molecule has 0 radical (unpaired) electrons. The maximum absolute atomic E-state index is 13.0. The monoisotopic (exact) mass is 1550 g/mol. The van der Waals surface area contributed by atoms with Crippen LogP contribution in [0.2, 0.25) is 5.02 Å². The number of aliphatic hydroxyl groups excluding tert-OH is 2. The summed E-state index contributed by atoms with van der Waals surface area (Å²) in [6, 6.07) is 6.28. The van der Waals surface area contributed by atoms with E-state index in [1.165, 1.54) is 12.2 Å². The molecule has 98 heavy (non-hydrogen) atoms. The van der Waals surface area contributed by atoms with E-state index in [1.54, 1.807) is 29.0 Å². The zero-order valence-corrected chi connectivity index (χ0v) is 62.2. The zero-order valence-electron chi connectivity index (χ0n) is 54.2. The summed E-state index contributed by atoms with van der Waals surface area (Å²) in [6.45, 7) is 18.5. The number of aromatic nitrogens is 4. The fourth-order valence-electron chi connectivity index (χ4n) is 7.10. The molecule has 37 nitrogen and oxygen atoms in total. The molecule has 3 aromatic carbocycles. The second-order valence-corrected chi connectivity index (χ2v) is 21.5. The van der Waals surface area contributed by atoms with Gasteiger partial charge in [0, 0.05) is 70.3 Å². The number of aliphatic carboxylic acids is 1. The van der Waals surface area contributed by atoms with Crippen LogP contribution in [0.15, 0.2) is 93.1 Å². The molecule has 0 unspecified atom stereocenters. The third kappa shape index (κ3) is 37.5. The van der Waals surface area contributed by atoms with Crippen LogP contribution < -0.4 is 116 Å². The van der Waals surface area contributed by atoms with Crippen LogP contribution in [0.3, 0.4) is 0 Å². The van der Waals surface area contributed by atoms with Gasteiger partial charge in [-0.05, 0) is 57.7 Å². The Morgan fingerprint density at radius 1 is 0.796 bits per heavy atom.